The van der Waals surface area contributed by atoms with Crippen LogP contribution in [0.2, 0.25) is 0 Å². The molecule has 2 heterocycles. The van der Waals surface area contributed by atoms with Crippen LogP contribution in [-0.2, 0) is 21.2 Å². The molecule has 9 heteroatoms. The highest BCUT2D eigenvalue weighted by atomic mass is 19.4. The lowest BCUT2D eigenvalue weighted by Gasteiger charge is -2.38. The van der Waals surface area contributed by atoms with Gasteiger partial charge in [-0.05, 0) is 54.3 Å². The van der Waals surface area contributed by atoms with Crippen molar-refractivity contribution >= 4 is 29.5 Å². The number of nitrogens with zero attached hydrogens (tertiary/aromatic N) is 2. The van der Waals surface area contributed by atoms with E-state index in [1.807, 2.05) is 0 Å². The fourth-order valence-corrected chi connectivity index (χ4v) is 4.80. The average Bonchev–Trinajstić information content (AvgIpc) is 3.03. The van der Waals surface area contributed by atoms with Crippen LogP contribution in [0.1, 0.15) is 39.9 Å². The second-order valence-corrected chi connectivity index (χ2v) is 8.50. The number of amides is 3. The van der Waals surface area contributed by atoms with Crippen LogP contribution in [-0.4, -0.2) is 49.8 Å². The van der Waals surface area contributed by atoms with Crippen molar-refractivity contribution < 1.29 is 27.6 Å². The number of alkyl halides is 3. The Hall–Kier alpha value is -3.62. The number of rotatable bonds is 3. The molecule has 0 atom stereocenters. The van der Waals surface area contributed by atoms with Crippen molar-refractivity contribution in [2.24, 2.45) is 0 Å². The monoisotopic (exact) mass is 471 g/mol. The van der Waals surface area contributed by atoms with Gasteiger partial charge in [-0.25, -0.2) is 0 Å². The molecule has 2 aromatic carbocycles. The molecule has 2 aliphatic heterocycles. The molecule has 1 fully saturated rings. The van der Waals surface area contributed by atoms with Crippen molar-refractivity contribution in [3.05, 3.63) is 70.8 Å². The van der Waals surface area contributed by atoms with Crippen LogP contribution in [0, 0.1) is 0 Å². The molecule has 0 aliphatic carbocycles. The Labute approximate surface area is 195 Å². The second kappa shape index (κ2) is 8.62. The molecule has 1 spiro atoms. The number of fused-ring (bicyclic) bond motifs is 2. The minimum Gasteiger partial charge on any atom is -0.355 e. The molecule has 3 amide bonds. The number of hydrogen-bond acceptors (Lipinski definition) is 3. The summed E-state index contributed by atoms with van der Waals surface area (Å²) in [4.78, 5) is 41.2. The Morgan fingerprint density at radius 3 is 2.41 bits per heavy atom. The van der Waals surface area contributed by atoms with Crippen molar-refractivity contribution in [2.75, 3.05) is 32.1 Å². The molecule has 0 radical (unpaired) electrons. The van der Waals surface area contributed by atoms with E-state index in [1.165, 1.54) is 36.2 Å². The van der Waals surface area contributed by atoms with E-state index in [2.05, 4.69) is 5.32 Å². The fraction of sp³-hybridized carbons (Fsp3) is 0.320. The van der Waals surface area contributed by atoms with Gasteiger partial charge in [-0.15, -0.1) is 0 Å². The summed E-state index contributed by atoms with van der Waals surface area (Å²) in [6.45, 7) is 0.542. The van der Waals surface area contributed by atoms with E-state index in [0.29, 0.717) is 18.4 Å². The molecular weight excluding hydrogens is 447 g/mol. The molecule has 0 aromatic heterocycles. The summed E-state index contributed by atoms with van der Waals surface area (Å²) < 4.78 is 39.6. The Bertz CT molecular complexity index is 1180. The highest BCUT2D eigenvalue weighted by Gasteiger charge is 2.51. The Balaban J connectivity index is 1.53. The summed E-state index contributed by atoms with van der Waals surface area (Å²) in [6.07, 6.45) is -1.48. The fourth-order valence-electron chi connectivity index (χ4n) is 4.80. The van der Waals surface area contributed by atoms with Gasteiger partial charge in [0.05, 0.1) is 11.0 Å². The smallest absolute Gasteiger partial charge is 0.355 e. The molecule has 4 rings (SSSR count). The van der Waals surface area contributed by atoms with Crippen LogP contribution >= 0.6 is 0 Å². The zero-order valence-electron chi connectivity index (χ0n) is 18.8. The normalized spacial score (nSPS) is 17.4. The average molecular weight is 471 g/mol. The Morgan fingerprint density at radius 2 is 1.76 bits per heavy atom. The topological polar surface area (TPSA) is 69.7 Å². The van der Waals surface area contributed by atoms with Crippen molar-refractivity contribution in [1.82, 2.24) is 10.2 Å². The first-order chi connectivity index (χ1) is 16.1. The van der Waals surface area contributed by atoms with Crippen LogP contribution in [0.4, 0.5) is 18.9 Å². The first kappa shape index (κ1) is 23.5. The Morgan fingerprint density at radius 1 is 1.09 bits per heavy atom. The van der Waals surface area contributed by atoms with Gasteiger partial charge in [0.2, 0.25) is 11.8 Å². The van der Waals surface area contributed by atoms with E-state index in [-0.39, 0.29) is 30.5 Å². The first-order valence-corrected chi connectivity index (χ1v) is 10.9. The maximum atomic E-state index is 13.2. The van der Waals surface area contributed by atoms with Crippen LogP contribution in [0.25, 0.3) is 6.08 Å². The zero-order chi connectivity index (χ0) is 24.7. The summed E-state index contributed by atoms with van der Waals surface area (Å²) in [5.41, 5.74) is 0.231. The number of carbonyl (C=O) groups is 3. The minimum absolute atomic E-state index is 0.0833. The number of halogens is 3. The molecule has 6 nitrogen and oxygen atoms in total. The molecule has 0 bridgehead atoms. The second-order valence-electron chi connectivity index (χ2n) is 8.50. The molecule has 34 heavy (non-hydrogen) atoms. The third kappa shape index (κ3) is 3.95. The third-order valence-corrected chi connectivity index (χ3v) is 6.68. The van der Waals surface area contributed by atoms with Crippen LogP contribution < -0.4 is 10.2 Å². The van der Waals surface area contributed by atoms with Crippen molar-refractivity contribution in [3.8, 4) is 0 Å². The molecule has 2 aromatic rings. The highest BCUT2D eigenvalue weighted by Crippen LogP contribution is 2.47. The summed E-state index contributed by atoms with van der Waals surface area (Å²) in [6, 6.07) is 10.2. The lowest BCUT2D eigenvalue weighted by Crippen LogP contribution is -2.49. The molecule has 1 saturated heterocycles. The van der Waals surface area contributed by atoms with Gasteiger partial charge in [0.15, 0.2) is 0 Å². The number of nitrogens with one attached hydrogen (secondary N) is 1. The van der Waals surface area contributed by atoms with Crippen LogP contribution in [0.5, 0.6) is 0 Å². The summed E-state index contributed by atoms with van der Waals surface area (Å²) in [5.74, 6) is -0.750. The van der Waals surface area contributed by atoms with Gasteiger partial charge in [0, 0.05) is 44.5 Å². The molecular formula is C25H24F3N3O3. The van der Waals surface area contributed by atoms with E-state index in [4.69, 9.17) is 0 Å². The highest BCUT2D eigenvalue weighted by molar-refractivity contribution is 6.09. The predicted octanol–water partition coefficient (Wildman–Crippen LogP) is 3.62. The zero-order valence-corrected chi connectivity index (χ0v) is 18.8. The largest absolute Gasteiger partial charge is 0.416 e. The number of likely N-dealkylation sites (tertiary alicyclic amines) is 1. The summed E-state index contributed by atoms with van der Waals surface area (Å²) in [5, 5.41) is 2.58. The van der Waals surface area contributed by atoms with E-state index < -0.39 is 23.1 Å². The number of piperidine rings is 1. The van der Waals surface area contributed by atoms with Gasteiger partial charge in [0.1, 0.15) is 0 Å². The summed E-state index contributed by atoms with van der Waals surface area (Å²) >= 11 is 0. The standard InChI is InChI=1S/C25H24F3N3O3/c1-29-22(33)17-7-9-20-19(15-17)24(23(34)30(20)2)11-13-31(14-12-24)21(32)10-8-16-5-3-4-6-18(16)25(26,27)28/h3-10,15H,11-14H2,1-2H3,(H,29,33). The van der Waals surface area contributed by atoms with Gasteiger partial charge in [0.25, 0.3) is 5.91 Å². The predicted molar refractivity (Wildman–Crippen MR) is 121 cm³/mol. The molecule has 178 valence electrons. The van der Waals surface area contributed by atoms with E-state index in [9.17, 15) is 27.6 Å². The maximum Gasteiger partial charge on any atom is 0.416 e. The van der Waals surface area contributed by atoms with Crippen LogP contribution in [0.15, 0.2) is 48.5 Å². The molecule has 0 saturated carbocycles. The van der Waals surface area contributed by atoms with Gasteiger partial charge < -0.3 is 15.1 Å². The van der Waals surface area contributed by atoms with Gasteiger partial charge in [-0.3, -0.25) is 14.4 Å². The van der Waals surface area contributed by atoms with Crippen molar-refractivity contribution in [1.29, 1.82) is 0 Å². The lowest BCUT2D eigenvalue weighted by atomic mass is 9.73. The first-order valence-electron chi connectivity index (χ1n) is 10.9. The number of carbonyl (C=O) groups excluding carboxylic acids is 3. The lowest BCUT2D eigenvalue weighted by molar-refractivity contribution is -0.137. The van der Waals surface area contributed by atoms with Gasteiger partial charge >= 0.3 is 6.18 Å². The molecule has 2 aliphatic rings. The number of anilines is 1. The number of hydrogen-bond donors (Lipinski definition) is 1. The molecule has 1 N–H and O–H groups in total. The summed E-state index contributed by atoms with van der Waals surface area (Å²) in [7, 11) is 3.22. The third-order valence-electron chi connectivity index (χ3n) is 6.68. The number of likely N-dealkylation sites (N-methyl/N-ethyl adjacent to an activating group) is 1. The Kier molecular flexibility index (Phi) is 5.97. The maximum absolute atomic E-state index is 13.2. The van der Waals surface area contributed by atoms with E-state index in [1.54, 1.807) is 30.1 Å². The van der Waals surface area contributed by atoms with Crippen LogP contribution in [0.3, 0.4) is 0 Å². The minimum atomic E-state index is -4.52. The van der Waals surface area contributed by atoms with E-state index >= 15 is 0 Å². The number of benzene rings is 2. The van der Waals surface area contributed by atoms with Gasteiger partial charge in [-0.1, -0.05) is 18.2 Å². The van der Waals surface area contributed by atoms with E-state index in [0.717, 1.165) is 23.4 Å². The van der Waals surface area contributed by atoms with Gasteiger partial charge in [-0.2, -0.15) is 13.2 Å². The SMILES string of the molecule is CNC(=O)c1ccc2c(c1)C1(CCN(C(=O)C=Cc3ccccc3C(F)(F)F)CC1)C(=O)N2C. The van der Waals surface area contributed by atoms with Crippen molar-refractivity contribution in [3.63, 3.8) is 0 Å². The molecule has 0 unspecified atom stereocenters. The van der Waals surface area contributed by atoms with Crippen molar-refractivity contribution in [2.45, 2.75) is 24.4 Å². The quantitative estimate of drug-likeness (QED) is 0.696.